The lowest BCUT2D eigenvalue weighted by atomic mass is 9.79. The Morgan fingerprint density at radius 2 is 2.00 bits per heavy atom. The van der Waals surface area contributed by atoms with E-state index in [0.717, 1.165) is 11.1 Å². The van der Waals surface area contributed by atoms with Crippen LogP contribution in [0.25, 0.3) is 11.1 Å². The first kappa shape index (κ1) is 19.5. The summed E-state index contributed by atoms with van der Waals surface area (Å²) in [4.78, 5) is 14.8. The van der Waals surface area contributed by atoms with Crippen molar-refractivity contribution in [2.24, 2.45) is 5.92 Å². The number of amides is 1. The number of benzene rings is 2. The van der Waals surface area contributed by atoms with E-state index < -0.39 is 5.60 Å². The molecule has 0 aromatic heterocycles. The molecule has 1 amide bonds. The fraction of sp³-hybridized carbons (Fsp3) is 0.409. The number of aliphatic hydroxyl groups is 1. The number of halogens is 1. The SMILES string of the molecule is COCC[C@@]1(O)CCN(C(=O)c2cccc(-c3ccc(F)cc3)c2)C[C@@H]1C. The molecule has 2 atom stereocenters. The largest absolute Gasteiger partial charge is 0.389 e. The zero-order valence-electron chi connectivity index (χ0n) is 15.8. The van der Waals surface area contributed by atoms with Gasteiger partial charge in [-0.2, -0.15) is 0 Å². The molecular weight excluding hydrogens is 345 g/mol. The molecule has 0 spiro atoms. The zero-order valence-corrected chi connectivity index (χ0v) is 15.8. The molecule has 2 aromatic carbocycles. The maximum absolute atomic E-state index is 13.1. The van der Waals surface area contributed by atoms with Gasteiger partial charge < -0.3 is 14.7 Å². The van der Waals surface area contributed by atoms with Crippen molar-refractivity contribution >= 4 is 5.91 Å². The Morgan fingerprint density at radius 1 is 1.26 bits per heavy atom. The van der Waals surface area contributed by atoms with Gasteiger partial charge in [-0.3, -0.25) is 4.79 Å². The van der Waals surface area contributed by atoms with Gasteiger partial charge in [-0.05, 0) is 48.2 Å². The normalized spacial score (nSPS) is 22.7. The summed E-state index contributed by atoms with van der Waals surface area (Å²) < 4.78 is 18.2. The Morgan fingerprint density at radius 3 is 2.67 bits per heavy atom. The monoisotopic (exact) mass is 371 g/mol. The van der Waals surface area contributed by atoms with Gasteiger partial charge in [0.2, 0.25) is 0 Å². The summed E-state index contributed by atoms with van der Waals surface area (Å²) in [5.74, 6) is -0.348. The van der Waals surface area contributed by atoms with E-state index in [-0.39, 0.29) is 17.6 Å². The number of likely N-dealkylation sites (tertiary alicyclic amines) is 1. The zero-order chi connectivity index (χ0) is 19.4. The van der Waals surface area contributed by atoms with Gasteiger partial charge in [0.1, 0.15) is 5.82 Å². The van der Waals surface area contributed by atoms with Gasteiger partial charge in [0.05, 0.1) is 5.60 Å². The van der Waals surface area contributed by atoms with Crippen LogP contribution in [0.15, 0.2) is 48.5 Å². The van der Waals surface area contributed by atoms with Crippen molar-refractivity contribution in [1.29, 1.82) is 0 Å². The van der Waals surface area contributed by atoms with Crippen molar-refractivity contribution in [2.75, 3.05) is 26.8 Å². The lowest BCUT2D eigenvalue weighted by Crippen LogP contribution is -2.52. The number of rotatable bonds is 5. The van der Waals surface area contributed by atoms with Crippen molar-refractivity contribution in [3.8, 4) is 11.1 Å². The van der Waals surface area contributed by atoms with Gasteiger partial charge in [0, 0.05) is 38.3 Å². The van der Waals surface area contributed by atoms with E-state index in [2.05, 4.69) is 0 Å². The first-order chi connectivity index (χ1) is 12.9. The minimum absolute atomic E-state index is 0.0226. The third kappa shape index (κ3) is 4.37. The highest BCUT2D eigenvalue weighted by atomic mass is 19.1. The van der Waals surface area contributed by atoms with Crippen LogP contribution >= 0.6 is 0 Å². The second kappa shape index (κ2) is 8.19. The molecule has 3 rings (SSSR count). The van der Waals surface area contributed by atoms with Crippen LogP contribution in [-0.2, 0) is 4.74 Å². The van der Waals surface area contributed by atoms with Crippen molar-refractivity contribution < 1.29 is 19.0 Å². The molecule has 27 heavy (non-hydrogen) atoms. The van der Waals surface area contributed by atoms with E-state index in [9.17, 15) is 14.3 Å². The van der Waals surface area contributed by atoms with Crippen LogP contribution < -0.4 is 0 Å². The Kier molecular flexibility index (Phi) is 5.92. The second-order valence-corrected chi connectivity index (χ2v) is 7.34. The maximum atomic E-state index is 13.1. The molecule has 0 saturated carbocycles. The molecule has 0 bridgehead atoms. The van der Waals surface area contributed by atoms with Gasteiger partial charge >= 0.3 is 0 Å². The van der Waals surface area contributed by atoms with Crippen molar-refractivity contribution in [1.82, 2.24) is 4.90 Å². The van der Waals surface area contributed by atoms with Gasteiger partial charge in [-0.15, -0.1) is 0 Å². The molecule has 1 N–H and O–H groups in total. The number of hydrogen-bond donors (Lipinski definition) is 1. The third-order valence-electron chi connectivity index (χ3n) is 5.54. The summed E-state index contributed by atoms with van der Waals surface area (Å²) in [7, 11) is 1.63. The van der Waals surface area contributed by atoms with Gasteiger partial charge in [-0.25, -0.2) is 4.39 Å². The Labute approximate surface area is 159 Å². The first-order valence-corrected chi connectivity index (χ1v) is 9.29. The summed E-state index contributed by atoms with van der Waals surface area (Å²) in [5.41, 5.74) is 1.56. The second-order valence-electron chi connectivity index (χ2n) is 7.34. The number of piperidine rings is 1. The highest BCUT2D eigenvalue weighted by Gasteiger charge is 2.39. The molecule has 0 unspecified atom stereocenters. The van der Waals surface area contributed by atoms with E-state index in [0.29, 0.717) is 38.1 Å². The predicted molar refractivity (Wildman–Crippen MR) is 103 cm³/mol. The molecule has 2 aromatic rings. The molecule has 1 saturated heterocycles. The fourth-order valence-electron chi connectivity index (χ4n) is 3.66. The maximum Gasteiger partial charge on any atom is 0.253 e. The Bertz CT molecular complexity index is 792. The third-order valence-corrected chi connectivity index (χ3v) is 5.54. The van der Waals surface area contributed by atoms with Crippen LogP contribution in [0.4, 0.5) is 4.39 Å². The van der Waals surface area contributed by atoms with Crippen LogP contribution in [0.3, 0.4) is 0 Å². The fourth-order valence-corrected chi connectivity index (χ4v) is 3.66. The van der Waals surface area contributed by atoms with E-state index in [4.69, 9.17) is 4.74 Å². The van der Waals surface area contributed by atoms with E-state index in [1.165, 1.54) is 12.1 Å². The summed E-state index contributed by atoms with van der Waals surface area (Å²) in [6.07, 6.45) is 1.12. The van der Waals surface area contributed by atoms with Crippen LogP contribution in [0, 0.1) is 11.7 Å². The number of hydrogen-bond acceptors (Lipinski definition) is 3. The molecule has 5 heteroatoms. The molecule has 1 fully saturated rings. The lowest BCUT2D eigenvalue weighted by Gasteiger charge is -2.43. The van der Waals surface area contributed by atoms with E-state index in [1.807, 2.05) is 25.1 Å². The van der Waals surface area contributed by atoms with Crippen LogP contribution in [0.5, 0.6) is 0 Å². The molecule has 0 aliphatic carbocycles. The van der Waals surface area contributed by atoms with E-state index >= 15 is 0 Å². The molecule has 1 heterocycles. The molecule has 144 valence electrons. The number of nitrogens with zero attached hydrogens (tertiary/aromatic N) is 1. The van der Waals surface area contributed by atoms with Crippen LogP contribution in [0.1, 0.15) is 30.1 Å². The van der Waals surface area contributed by atoms with Crippen LogP contribution in [0.2, 0.25) is 0 Å². The van der Waals surface area contributed by atoms with Gasteiger partial charge in [0.25, 0.3) is 5.91 Å². The average molecular weight is 371 g/mol. The summed E-state index contributed by atoms with van der Waals surface area (Å²) in [6, 6.07) is 13.6. The van der Waals surface area contributed by atoms with E-state index in [1.54, 1.807) is 30.2 Å². The summed E-state index contributed by atoms with van der Waals surface area (Å²) in [6.45, 7) is 3.52. The van der Waals surface area contributed by atoms with Crippen LogP contribution in [-0.4, -0.2) is 48.3 Å². The van der Waals surface area contributed by atoms with Gasteiger partial charge in [-0.1, -0.05) is 31.2 Å². The Hall–Kier alpha value is -2.24. The standard InChI is InChI=1S/C22H26FNO3/c1-16-15-24(12-10-22(16,26)11-13-27-2)21(25)19-5-3-4-18(14-19)17-6-8-20(23)9-7-17/h3-9,14,16,26H,10-13,15H2,1-2H3/t16-,22-/m0/s1. The minimum Gasteiger partial charge on any atom is -0.389 e. The molecule has 1 aliphatic heterocycles. The van der Waals surface area contributed by atoms with Crippen molar-refractivity contribution in [3.63, 3.8) is 0 Å². The highest BCUT2D eigenvalue weighted by molar-refractivity contribution is 5.95. The predicted octanol–water partition coefficient (Wildman–Crippen LogP) is 3.74. The molecular formula is C22H26FNO3. The van der Waals surface area contributed by atoms with Gasteiger partial charge in [0.15, 0.2) is 0 Å². The summed E-state index contributed by atoms with van der Waals surface area (Å²) >= 11 is 0. The quantitative estimate of drug-likeness (QED) is 0.871. The molecule has 1 aliphatic rings. The Balaban J connectivity index is 1.73. The van der Waals surface area contributed by atoms with Crippen molar-refractivity contribution in [2.45, 2.75) is 25.4 Å². The molecule has 0 radical (unpaired) electrons. The number of carbonyl (C=O) groups is 1. The van der Waals surface area contributed by atoms with Crippen molar-refractivity contribution in [3.05, 3.63) is 59.9 Å². The lowest BCUT2D eigenvalue weighted by molar-refractivity contribution is -0.0750. The highest BCUT2D eigenvalue weighted by Crippen LogP contribution is 2.32. The average Bonchev–Trinajstić information content (AvgIpc) is 2.69. The molecule has 4 nitrogen and oxygen atoms in total. The first-order valence-electron chi connectivity index (χ1n) is 9.29. The minimum atomic E-state index is -0.789. The number of methoxy groups -OCH3 is 1. The number of carbonyl (C=O) groups excluding carboxylic acids is 1. The summed E-state index contributed by atoms with van der Waals surface area (Å²) in [5, 5.41) is 10.8. The number of ether oxygens (including phenoxy) is 1. The smallest absolute Gasteiger partial charge is 0.253 e. The topological polar surface area (TPSA) is 49.8 Å².